The fraction of sp³-hybridized carbons (Fsp3) is 0.182. The molecule has 0 saturated carbocycles. The van der Waals surface area contributed by atoms with Crippen LogP contribution in [0.25, 0.3) is 11.3 Å². The van der Waals surface area contributed by atoms with Gasteiger partial charge in [-0.3, -0.25) is 0 Å². The van der Waals surface area contributed by atoms with Gasteiger partial charge in [0.25, 0.3) is 0 Å². The van der Waals surface area contributed by atoms with E-state index in [0.717, 1.165) is 0 Å². The first-order chi connectivity index (χ1) is 8.65. The summed E-state index contributed by atoms with van der Waals surface area (Å²) in [6, 6.07) is 4.56. The number of hydrogen-bond donors (Lipinski definition) is 1. The van der Waals surface area contributed by atoms with E-state index < -0.39 is 5.97 Å². The fourth-order valence-electron chi connectivity index (χ4n) is 1.38. The third kappa shape index (κ3) is 2.10. The highest BCUT2D eigenvalue weighted by molar-refractivity contribution is 5.86. The standard InChI is InChI=1S/C11H10N2O5/c1-16-9-4-3-6(10(12-9)17-2)8-5-7(11(14)15)13-18-8/h3-5H,1-2H3,(H,14,15). The van der Waals surface area contributed by atoms with Crippen LogP contribution < -0.4 is 9.47 Å². The predicted molar refractivity (Wildman–Crippen MR) is 59.8 cm³/mol. The minimum absolute atomic E-state index is 0.178. The first-order valence-electron chi connectivity index (χ1n) is 4.95. The van der Waals surface area contributed by atoms with Gasteiger partial charge in [-0.1, -0.05) is 5.16 Å². The highest BCUT2D eigenvalue weighted by atomic mass is 16.5. The lowest BCUT2D eigenvalue weighted by molar-refractivity contribution is 0.0686. The van der Waals surface area contributed by atoms with E-state index in [9.17, 15) is 4.79 Å². The lowest BCUT2D eigenvalue weighted by atomic mass is 10.2. The average Bonchev–Trinajstić information content (AvgIpc) is 2.87. The largest absolute Gasteiger partial charge is 0.481 e. The zero-order valence-electron chi connectivity index (χ0n) is 9.71. The van der Waals surface area contributed by atoms with Crippen molar-refractivity contribution in [2.24, 2.45) is 0 Å². The van der Waals surface area contributed by atoms with E-state index in [4.69, 9.17) is 19.1 Å². The Hall–Kier alpha value is -2.57. The van der Waals surface area contributed by atoms with Crippen molar-refractivity contribution in [1.29, 1.82) is 0 Å². The van der Waals surface area contributed by atoms with Gasteiger partial charge in [0, 0.05) is 12.1 Å². The maximum absolute atomic E-state index is 10.7. The molecule has 0 bridgehead atoms. The second-order valence-electron chi connectivity index (χ2n) is 3.29. The summed E-state index contributed by atoms with van der Waals surface area (Å²) in [5.74, 6) is -0.249. The molecule has 7 heteroatoms. The second-order valence-corrected chi connectivity index (χ2v) is 3.29. The molecule has 2 rings (SSSR count). The molecule has 1 N–H and O–H groups in total. The van der Waals surface area contributed by atoms with Gasteiger partial charge in [-0.15, -0.1) is 0 Å². The van der Waals surface area contributed by atoms with Gasteiger partial charge in [-0.05, 0) is 6.07 Å². The van der Waals surface area contributed by atoms with E-state index >= 15 is 0 Å². The molecule has 0 aliphatic heterocycles. The third-order valence-corrected chi connectivity index (χ3v) is 2.23. The van der Waals surface area contributed by atoms with Crippen molar-refractivity contribution < 1.29 is 23.9 Å². The number of carboxylic acids is 1. The monoisotopic (exact) mass is 250 g/mol. The SMILES string of the molecule is COc1ccc(-c2cc(C(=O)O)no2)c(OC)n1. The highest BCUT2D eigenvalue weighted by Crippen LogP contribution is 2.30. The lowest BCUT2D eigenvalue weighted by Crippen LogP contribution is -1.95. The van der Waals surface area contributed by atoms with E-state index in [1.807, 2.05) is 0 Å². The molecule has 18 heavy (non-hydrogen) atoms. The van der Waals surface area contributed by atoms with Gasteiger partial charge in [0.15, 0.2) is 11.5 Å². The summed E-state index contributed by atoms with van der Waals surface area (Å²) in [4.78, 5) is 14.8. The molecule has 0 spiro atoms. The van der Waals surface area contributed by atoms with E-state index in [0.29, 0.717) is 11.4 Å². The molecule has 0 amide bonds. The van der Waals surface area contributed by atoms with Gasteiger partial charge in [0.1, 0.15) is 0 Å². The molecule has 0 atom stereocenters. The molecule has 94 valence electrons. The van der Waals surface area contributed by atoms with Crippen LogP contribution in [0.3, 0.4) is 0 Å². The van der Waals surface area contributed by atoms with Gasteiger partial charge >= 0.3 is 5.97 Å². The van der Waals surface area contributed by atoms with Gasteiger partial charge in [0.2, 0.25) is 11.8 Å². The molecule has 0 aliphatic carbocycles. The molecule has 0 fully saturated rings. The van der Waals surface area contributed by atoms with Crippen LogP contribution in [0.5, 0.6) is 11.8 Å². The maximum Gasteiger partial charge on any atom is 0.358 e. The summed E-state index contributed by atoms with van der Waals surface area (Å²) < 4.78 is 15.0. The Balaban J connectivity index is 2.45. The van der Waals surface area contributed by atoms with Gasteiger partial charge in [-0.25, -0.2) is 4.79 Å². The van der Waals surface area contributed by atoms with Gasteiger partial charge in [0.05, 0.1) is 19.8 Å². The summed E-state index contributed by atoms with van der Waals surface area (Å²) in [7, 11) is 2.93. The Morgan fingerprint density at radius 1 is 1.33 bits per heavy atom. The van der Waals surface area contributed by atoms with Crippen LogP contribution in [0.4, 0.5) is 0 Å². The zero-order valence-corrected chi connectivity index (χ0v) is 9.71. The first kappa shape index (κ1) is 11.9. The summed E-state index contributed by atoms with van der Waals surface area (Å²) in [6.45, 7) is 0. The van der Waals surface area contributed by atoms with Crippen LogP contribution in [-0.4, -0.2) is 35.4 Å². The molecule has 2 aromatic rings. The Morgan fingerprint density at radius 2 is 2.11 bits per heavy atom. The normalized spacial score (nSPS) is 10.1. The molecule has 2 heterocycles. The fourth-order valence-corrected chi connectivity index (χ4v) is 1.38. The smallest absolute Gasteiger partial charge is 0.358 e. The Kier molecular flexibility index (Phi) is 3.13. The van der Waals surface area contributed by atoms with Crippen molar-refractivity contribution in [3.63, 3.8) is 0 Å². The first-order valence-corrected chi connectivity index (χ1v) is 4.95. The van der Waals surface area contributed by atoms with Crippen LogP contribution in [0, 0.1) is 0 Å². The summed E-state index contributed by atoms with van der Waals surface area (Å²) in [6.07, 6.45) is 0. The molecule has 2 aromatic heterocycles. The number of ether oxygens (including phenoxy) is 2. The van der Waals surface area contributed by atoms with Crippen LogP contribution in [0.15, 0.2) is 22.7 Å². The van der Waals surface area contributed by atoms with E-state index in [2.05, 4.69) is 10.1 Å². The average molecular weight is 250 g/mol. The van der Waals surface area contributed by atoms with E-state index in [1.54, 1.807) is 12.1 Å². The minimum Gasteiger partial charge on any atom is -0.481 e. The van der Waals surface area contributed by atoms with E-state index in [1.165, 1.54) is 20.3 Å². The molecule has 0 radical (unpaired) electrons. The van der Waals surface area contributed by atoms with Crippen LogP contribution in [0.1, 0.15) is 10.5 Å². The van der Waals surface area contributed by atoms with Crippen LogP contribution in [-0.2, 0) is 0 Å². The molecule has 0 unspecified atom stereocenters. The number of aromatic nitrogens is 2. The summed E-state index contributed by atoms with van der Waals surface area (Å²) >= 11 is 0. The number of pyridine rings is 1. The van der Waals surface area contributed by atoms with Crippen LogP contribution >= 0.6 is 0 Å². The molecular formula is C11H10N2O5. The summed E-state index contributed by atoms with van der Waals surface area (Å²) in [5, 5.41) is 12.2. The number of aromatic carboxylic acids is 1. The third-order valence-electron chi connectivity index (χ3n) is 2.23. The number of hydrogen-bond acceptors (Lipinski definition) is 6. The number of methoxy groups -OCH3 is 2. The topological polar surface area (TPSA) is 94.7 Å². The number of nitrogens with zero attached hydrogens (tertiary/aromatic N) is 2. The second kappa shape index (κ2) is 4.74. The Labute approximate surface area is 102 Å². The number of carbonyl (C=O) groups is 1. The van der Waals surface area contributed by atoms with Crippen molar-refractivity contribution in [1.82, 2.24) is 10.1 Å². The van der Waals surface area contributed by atoms with Crippen molar-refractivity contribution in [2.45, 2.75) is 0 Å². The number of rotatable bonds is 4. The van der Waals surface area contributed by atoms with Gasteiger partial charge in [-0.2, -0.15) is 4.98 Å². The van der Waals surface area contributed by atoms with Gasteiger partial charge < -0.3 is 19.1 Å². The van der Waals surface area contributed by atoms with Crippen molar-refractivity contribution in [3.05, 3.63) is 23.9 Å². The molecule has 7 nitrogen and oxygen atoms in total. The number of carboxylic acid groups (broad SMARTS) is 1. The van der Waals surface area contributed by atoms with Crippen LogP contribution in [0.2, 0.25) is 0 Å². The van der Waals surface area contributed by atoms with Crippen molar-refractivity contribution in [2.75, 3.05) is 14.2 Å². The lowest BCUT2D eigenvalue weighted by Gasteiger charge is -2.05. The Bertz CT molecular complexity index is 579. The molecular weight excluding hydrogens is 240 g/mol. The molecule has 0 aliphatic rings. The quantitative estimate of drug-likeness (QED) is 0.877. The predicted octanol–water partition coefficient (Wildman–Crippen LogP) is 1.45. The Morgan fingerprint density at radius 3 is 2.67 bits per heavy atom. The highest BCUT2D eigenvalue weighted by Gasteiger charge is 2.16. The minimum atomic E-state index is -1.16. The molecule has 0 aromatic carbocycles. The molecule has 0 saturated heterocycles. The van der Waals surface area contributed by atoms with E-state index in [-0.39, 0.29) is 17.3 Å². The van der Waals surface area contributed by atoms with Crippen molar-refractivity contribution >= 4 is 5.97 Å². The zero-order chi connectivity index (χ0) is 13.1. The van der Waals surface area contributed by atoms with Crippen molar-refractivity contribution in [3.8, 4) is 23.1 Å². The maximum atomic E-state index is 10.7. The summed E-state index contributed by atoms with van der Waals surface area (Å²) in [5.41, 5.74) is 0.321.